The first-order valence-electron chi connectivity index (χ1n) is 7.19. The Balaban J connectivity index is 1.86. The fourth-order valence-corrected chi connectivity index (χ4v) is 2.03. The molecule has 0 bridgehead atoms. The first kappa shape index (κ1) is 16.5. The number of hydrogen-bond acceptors (Lipinski definition) is 4. The van der Waals surface area contributed by atoms with E-state index in [0.717, 1.165) is 11.1 Å². The summed E-state index contributed by atoms with van der Waals surface area (Å²) in [5.74, 6) is -0.382. The third kappa shape index (κ3) is 4.85. The molecule has 5 nitrogen and oxygen atoms in total. The summed E-state index contributed by atoms with van der Waals surface area (Å²) in [7, 11) is 3.01. The van der Waals surface area contributed by atoms with Crippen molar-refractivity contribution in [2.45, 2.75) is 13.2 Å². The topological polar surface area (TPSA) is 55.8 Å². The Morgan fingerprint density at radius 1 is 0.957 bits per heavy atom. The van der Waals surface area contributed by atoms with Crippen molar-refractivity contribution < 1.29 is 19.1 Å². The Bertz CT molecular complexity index is 652. The van der Waals surface area contributed by atoms with E-state index in [2.05, 4.69) is 4.74 Å². The molecule has 0 aromatic heterocycles. The molecule has 23 heavy (non-hydrogen) atoms. The monoisotopic (exact) mass is 313 g/mol. The summed E-state index contributed by atoms with van der Waals surface area (Å²) in [6.45, 7) is 0.639. The zero-order valence-electron chi connectivity index (χ0n) is 13.2. The van der Waals surface area contributed by atoms with Crippen molar-refractivity contribution in [3.05, 3.63) is 71.3 Å². The second kappa shape index (κ2) is 7.98. The zero-order valence-corrected chi connectivity index (χ0v) is 13.2. The Morgan fingerprint density at radius 2 is 1.61 bits per heavy atom. The van der Waals surface area contributed by atoms with Crippen LogP contribution < -0.4 is 0 Å². The molecule has 0 radical (unpaired) electrons. The van der Waals surface area contributed by atoms with Gasteiger partial charge in [-0.3, -0.25) is 0 Å². The summed E-state index contributed by atoms with van der Waals surface area (Å²) in [4.78, 5) is 24.8. The average Bonchev–Trinajstić information content (AvgIpc) is 2.60. The Morgan fingerprint density at radius 3 is 2.22 bits per heavy atom. The van der Waals surface area contributed by atoms with Crippen molar-refractivity contribution in [2.75, 3.05) is 14.2 Å². The molecule has 1 amide bonds. The van der Waals surface area contributed by atoms with E-state index in [9.17, 15) is 9.59 Å². The van der Waals surface area contributed by atoms with Crippen LogP contribution in [0.2, 0.25) is 0 Å². The van der Waals surface area contributed by atoms with E-state index in [1.807, 2.05) is 30.3 Å². The normalized spacial score (nSPS) is 10.0. The molecule has 0 heterocycles. The molecule has 0 aliphatic rings. The molecular formula is C18H19NO4. The van der Waals surface area contributed by atoms with E-state index >= 15 is 0 Å². The third-order valence-electron chi connectivity index (χ3n) is 3.31. The van der Waals surface area contributed by atoms with Crippen molar-refractivity contribution in [1.29, 1.82) is 0 Å². The van der Waals surface area contributed by atoms with Crippen LogP contribution in [0.25, 0.3) is 0 Å². The van der Waals surface area contributed by atoms with Gasteiger partial charge in [0.2, 0.25) is 0 Å². The lowest BCUT2D eigenvalue weighted by Gasteiger charge is -2.17. The fraction of sp³-hybridized carbons (Fsp3) is 0.222. The number of carbonyl (C=O) groups is 2. The van der Waals surface area contributed by atoms with Crippen LogP contribution in [-0.2, 0) is 22.6 Å². The first-order valence-corrected chi connectivity index (χ1v) is 7.19. The van der Waals surface area contributed by atoms with Gasteiger partial charge in [-0.25, -0.2) is 9.59 Å². The number of amides is 1. The Kier molecular flexibility index (Phi) is 5.74. The van der Waals surface area contributed by atoms with Gasteiger partial charge in [0, 0.05) is 13.6 Å². The molecule has 5 heteroatoms. The van der Waals surface area contributed by atoms with Gasteiger partial charge in [0.05, 0.1) is 12.7 Å². The van der Waals surface area contributed by atoms with Crippen molar-refractivity contribution in [3.8, 4) is 0 Å². The highest BCUT2D eigenvalue weighted by molar-refractivity contribution is 5.89. The van der Waals surface area contributed by atoms with Gasteiger partial charge in [0.25, 0.3) is 0 Å². The number of esters is 1. The molecular weight excluding hydrogens is 294 g/mol. The van der Waals surface area contributed by atoms with Crippen molar-refractivity contribution >= 4 is 12.1 Å². The van der Waals surface area contributed by atoms with Gasteiger partial charge >= 0.3 is 12.1 Å². The quantitative estimate of drug-likeness (QED) is 0.795. The molecule has 0 saturated carbocycles. The number of ether oxygens (including phenoxy) is 2. The van der Waals surface area contributed by atoms with Crippen LogP contribution in [0, 0.1) is 0 Å². The summed E-state index contributed by atoms with van der Waals surface area (Å²) in [5.41, 5.74) is 2.32. The highest BCUT2D eigenvalue weighted by Crippen LogP contribution is 2.09. The number of methoxy groups -OCH3 is 1. The van der Waals surface area contributed by atoms with E-state index < -0.39 is 6.09 Å². The average molecular weight is 313 g/mol. The number of hydrogen-bond donors (Lipinski definition) is 0. The smallest absolute Gasteiger partial charge is 0.410 e. The second-order valence-electron chi connectivity index (χ2n) is 5.08. The molecule has 0 atom stereocenters. The standard InChI is InChI=1S/C18H19NO4/c1-19(18(21)23-13-15-6-4-3-5-7-15)12-14-8-10-16(11-9-14)17(20)22-2/h3-11H,12-13H2,1-2H3. The summed E-state index contributed by atoms with van der Waals surface area (Å²) in [5, 5.41) is 0. The number of nitrogens with zero attached hydrogens (tertiary/aromatic N) is 1. The van der Waals surface area contributed by atoms with Crippen molar-refractivity contribution in [3.63, 3.8) is 0 Å². The number of rotatable bonds is 5. The van der Waals surface area contributed by atoms with Crippen LogP contribution in [-0.4, -0.2) is 31.1 Å². The van der Waals surface area contributed by atoms with Gasteiger partial charge in [-0.1, -0.05) is 42.5 Å². The summed E-state index contributed by atoms with van der Waals surface area (Å²) < 4.78 is 9.90. The minimum Gasteiger partial charge on any atom is -0.465 e. The van der Waals surface area contributed by atoms with E-state index in [1.54, 1.807) is 31.3 Å². The molecule has 2 aromatic rings. The molecule has 2 rings (SSSR count). The molecule has 2 aromatic carbocycles. The zero-order chi connectivity index (χ0) is 16.7. The predicted molar refractivity (Wildman–Crippen MR) is 85.9 cm³/mol. The Hall–Kier alpha value is -2.82. The van der Waals surface area contributed by atoms with Crippen LogP contribution in [0.4, 0.5) is 4.79 Å². The molecule has 0 saturated heterocycles. The molecule has 0 aliphatic carbocycles. The minimum absolute atomic E-state index is 0.241. The van der Waals surface area contributed by atoms with Crippen molar-refractivity contribution in [2.24, 2.45) is 0 Å². The lowest BCUT2D eigenvalue weighted by Crippen LogP contribution is -2.26. The first-order chi connectivity index (χ1) is 11.1. The van der Waals surface area contributed by atoms with Crippen LogP contribution in [0.3, 0.4) is 0 Å². The maximum atomic E-state index is 12.0. The van der Waals surface area contributed by atoms with Gasteiger partial charge < -0.3 is 14.4 Å². The van der Waals surface area contributed by atoms with Gasteiger partial charge in [0.15, 0.2) is 0 Å². The van der Waals surface area contributed by atoms with Crippen LogP contribution in [0.15, 0.2) is 54.6 Å². The highest BCUT2D eigenvalue weighted by Gasteiger charge is 2.11. The van der Waals surface area contributed by atoms with Gasteiger partial charge in [-0.2, -0.15) is 0 Å². The predicted octanol–water partition coefficient (Wildman–Crippen LogP) is 3.24. The minimum atomic E-state index is -0.397. The summed E-state index contributed by atoms with van der Waals surface area (Å²) in [6, 6.07) is 16.4. The highest BCUT2D eigenvalue weighted by atomic mass is 16.6. The van der Waals surface area contributed by atoms with Gasteiger partial charge in [0.1, 0.15) is 6.61 Å². The third-order valence-corrected chi connectivity index (χ3v) is 3.31. The molecule has 0 aliphatic heterocycles. The molecule has 120 valence electrons. The van der Waals surface area contributed by atoms with E-state index in [-0.39, 0.29) is 12.6 Å². The second-order valence-corrected chi connectivity index (χ2v) is 5.08. The fourth-order valence-electron chi connectivity index (χ4n) is 2.03. The van der Waals surface area contributed by atoms with Crippen LogP contribution in [0.5, 0.6) is 0 Å². The van der Waals surface area contributed by atoms with Gasteiger partial charge in [-0.15, -0.1) is 0 Å². The molecule has 0 N–H and O–H groups in total. The van der Waals surface area contributed by atoms with E-state index in [4.69, 9.17) is 4.74 Å². The van der Waals surface area contributed by atoms with Gasteiger partial charge in [-0.05, 0) is 23.3 Å². The SMILES string of the molecule is COC(=O)c1ccc(CN(C)C(=O)OCc2ccccc2)cc1. The lowest BCUT2D eigenvalue weighted by atomic mass is 10.1. The summed E-state index contributed by atoms with van der Waals surface area (Å²) in [6.07, 6.45) is -0.397. The lowest BCUT2D eigenvalue weighted by molar-refractivity contribution is 0.0600. The largest absolute Gasteiger partial charge is 0.465 e. The van der Waals surface area contributed by atoms with E-state index in [0.29, 0.717) is 12.1 Å². The van der Waals surface area contributed by atoms with Crippen LogP contribution >= 0.6 is 0 Å². The maximum Gasteiger partial charge on any atom is 0.410 e. The van der Waals surface area contributed by atoms with E-state index in [1.165, 1.54) is 12.0 Å². The van der Waals surface area contributed by atoms with Crippen molar-refractivity contribution in [1.82, 2.24) is 4.90 Å². The molecule has 0 spiro atoms. The molecule has 0 fully saturated rings. The number of carbonyl (C=O) groups excluding carboxylic acids is 2. The number of benzene rings is 2. The maximum absolute atomic E-state index is 12.0. The Labute approximate surface area is 135 Å². The summed E-state index contributed by atoms with van der Waals surface area (Å²) >= 11 is 0. The molecule has 0 unspecified atom stereocenters. The van der Waals surface area contributed by atoms with Crippen LogP contribution in [0.1, 0.15) is 21.5 Å².